The molecule has 1 aliphatic heterocycles. The Bertz CT molecular complexity index is 799. The number of nitrogens with zero attached hydrogens (tertiary/aromatic N) is 1. The molecule has 2 N–H and O–H groups in total. The number of ether oxygens (including phenoxy) is 2. The number of nitrogens with two attached hydrogens (primary N) is 1. The lowest BCUT2D eigenvalue weighted by Crippen LogP contribution is -2.32. The summed E-state index contributed by atoms with van der Waals surface area (Å²) in [6.07, 6.45) is 1.46. The van der Waals surface area contributed by atoms with Gasteiger partial charge in [-0.05, 0) is 23.8 Å². The van der Waals surface area contributed by atoms with Gasteiger partial charge in [-0.25, -0.2) is 0 Å². The van der Waals surface area contributed by atoms with Gasteiger partial charge in [0.2, 0.25) is 0 Å². The predicted octanol–water partition coefficient (Wildman–Crippen LogP) is 4.42. The third-order valence-corrected chi connectivity index (χ3v) is 6.20. The van der Waals surface area contributed by atoms with E-state index in [2.05, 4.69) is 26.0 Å². The zero-order valence-electron chi connectivity index (χ0n) is 17.0. The molecule has 0 aliphatic carbocycles. The van der Waals surface area contributed by atoms with Crippen LogP contribution in [0.4, 0.5) is 5.69 Å². The Balaban J connectivity index is 0.000000203. The molecule has 0 saturated carbocycles. The molecule has 152 valence electrons. The average Bonchev–Trinajstić information content (AvgIpc) is 2.94. The molecule has 1 unspecified atom stereocenters. The molecule has 0 saturated heterocycles. The number of hydrogen-bond acceptors (Lipinski definition) is 7. The Labute approximate surface area is 176 Å². The molecule has 1 heterocycles. The van der Waals surface area contributed by atoms with Crippen molar-refractivity contribution in [2.45, 2.75) is 40.8 Å². The van der Waals surface area contributed by atoms with E-state index < -0.39 is 0 Å². The quantitative estimate of drug-likeness (QED) is 0.548. The zero-order chi connectivity index (χ0) is 20.7. The molecule has 1 atom stereocenters. The summed E-state index contributed by atoms with van der Waals surface area (Å²) < 4.78 is 10.5. The van der Waals surface area contributed by atoms with Gasteiger partial charge in [0.15, 0.2) is 11.5 Å². The normalized spacial score (nSPS) is 15.0. The highest BCUT2D eigenvalue weighted by atomic mass is 32.2. The van der Waals surface area contributed by atoms with Crippen LogP contribution in [0.2, 0.25) is 0 Å². The van der Waals surface area contributed by atoms with Crippen molar-refractivity contribution in [2.24, 2.45) is 5.73 Å². The first-order chi connectivity index (χ1) is 13.4. The van der Waals surface area contributed by atoms with Crippen LogP contribution in [0.5, 0.6) is 11.5 Å². The number of rotatable bonds is 6. The summed E-state index contributed by atoms with van der Waals surface area (Å²) in [6, 6.07) is 12.1. The first-order valence-electron chi connectivity index (χ1n) is 9.00. The van der Waals surface area contributed by atoms with E-state index in [-0.39, 0.29) is 5.50 Å². The Morgan fingerprint density at radius 2 is 1.89 bits per heavy atom. The minimum absolute atomic E-state index is 0.0307. The fraction of sp³-hybridized carbons (Fsp3) is 0.381. The molecule has 0 aromatic heterocycles. The van der Waals surface area contributed by atoms with Gasteiger partial charge in [-0.15, -0.1) is 11.8 Å². The number of aldehydes is 1. The lowest BCUT2D eigenvalue weighted by Gasteiger charge is -2.17. The van der Waals surface area contributed by atoms with Gasteiger partial charge in [0.1, 0.15) is 11.8 Å². The van der Waals surface area contributed by atoms with Crippen molar-refractivity contribution in [2.75, 3.05) is 26.2 Å². The molecule has 1 aliphatic rings. The molecule has 5 nitrogen and oxygen atoms in total. The van der Waals surface area contributed by atoms with Crippen molar-refractivity contribution in [1.29, 1.82) is 0 Å². The van der Waals surface area contributed by atoms with Gasteiger partial charge in [-0.2, -0.15) is 0 Å². The summed E-state index contributed by atoms with van der Waals surface area (Å²) in [5.74, 6) is 1.48. The molecule has 0 amide bonds. The van der Waals surface area contributed by atoms with Gasteiger partial charge >= 0.3 is 0 Å². The van der Waals surface area contributed by atoms with Crippen LogP contribution >= 0.6 is 23.5 Å². The lowest BCUT2D eigenvalue weighted by atomic mass is 10.2. The second kappa shape index (κ2) is 10.6. The highest BCUT2D eigenvalue weighted by Gasteiger charge is 2.26. The highest BCUT2D eigenvalue weighted by Crippen LogP contribution is 2.46. The van der Waals surface area contributed by atoms with Crippen molar-refractivity contribution < 1.29 is 14.3 Å². The minimum Gasteiger partial charge on any atom is -0.493 e. The van der Waals surface area contributed by atoms with Gasteiger partial charge in [-0.3, -0.25) is 0 Å². The maximum atomic E-state index is 10.3. The van der Waals surface area contributed by atoms with E-state index in [1.165, 1.54) is 4.90 Å². The molecular weight excluding hydrogens is 392 g/mol. The van der Waals surface area contributed by atoms with Crippen LogP contribution in [0.1, 0.15) is 19.4 Å². The van der Waals surface area contributed by atoms with E-state index >= 15 is 0 Å². The Hall–Kier alpha value is -1.83. The van der Waals surface area contributed by atoms with Crippen molar-refractivity contribution in [3.8, 4) is 11.5 Å². The summed E-state index contributed by atoms with van der Waals surface area (Å²) in [4.78, 5) is 14.7. The smallest absolute Gasteiger partial charge is 0.162 e. The third-order valence-electron chi connectivity index (χ3n) is 4.06. The van der Waals surface area contributed by atoms with E-state index in [1.807, 2.05) is 48.0 Å². The number of hydrogen-bond donors (Lipinski definition) is 1. The molecule has 0 radical (unpaired) electrons. The number of benzene rings is 2. The SMILES string of the molecule is CC(C)Sc1cccc(CC=O)c1.COc1cc2c(cc1OC)N(C)C(N)S2. The van der Waals surface area contributed by atoms with Crippen LogP contribution in [-0.2, 0) is 11.2 Å². The molecule has 7 heteroatoms. The third kappa shape index (κ3) is 5.83. The zero-order valence-corrected chi connectivity index (χ0v) is 18.6. The van der Waals surface area contributed by atoms with E-state index in [0.717, 1.165) is 33.9 Å². The lowest BCUT2D eigenvalue weighted by molar-refractivity contribution is -0.107. The van der Waals surface area contributed by atoms with Crippen molar-refractivity contribution in [3.63, 3.8) is 0 Å². The van der Waals surface area contributed by atoms with Crippen LogP contribution in [0, 0.1) is 0 Å². The van der Waals surface area contributed by atoms with E-state index in [1.54, 1.807) is 26.0 Å². The summed E-state index contributed by atoms with van der Waals surface area (Å²) in [5, 5.41) is 0.589. The van der Waals surface area contributed by atoms with Gasteiger partial charge in [0.25, 0.3) is 0 Å². The molecule has 2 aromatic rings. The van der Waals surface area contributed by atoms with E-state index in [4.69, 9.17) is 15.2 Å². The first kappa shape index (κ1) is 22.5. The summed E-state index contributed by atoms with van der Waals surface area (Å²) >= 11 is 3.44. The summed E-state index contributed by atoms with van der Waals surface area (Å²) in [5.41, 5.74) is 8.07. The summed E-state index contributed by atoms with van der Waals surface area (Å²) in [7, 11) is 5.23. The number of carbonyl (C=O) groups excluding carboxylic acids is 1. The second-order valence-corrected chi connectivity index (χ2v) is 9.29. The van der Waals surface area contributed by atoms with Crippen molar-refractivity contribution >= 4 is 35.5 Å². The van der Waals surface area contributed by atoms with Gasteiger partial charge in [-0.1, -0.05) is 37.7 Å². The van der Waals surface area contributed by atoms with E-state index in [0.29, 0.717) is 11.7 Å². The average molecular weight is 421 g/mol. The predicted molar refractivity (Wildman–Crippen MR) is 119 cm³/mol. The Morgan fingerprint density at radius 1 is 1.21 bits per heavy atom. The van der Waals surface area contributed by atoms with Crippen LogP contribution in [0.25, 0.3) is 0 Å². The standard InChI is InChI=1S/C11H14OS.C10H14N2O2S/c1-9(2)13-11-5-3-4-10(8-11)6-7-12;1-12-6-4-7(13-2)8(14-3)5-9(6)15-10(12)11/h3-5,7-9H,6H2,1-2H3;4-5,10H,11H2,1-3H3. The van der Waals surface area contributed by atoms with Crippen LogP contribution in [-0.4, -0.2) is 38.3 Å². The second-order valence-electron chi connectivity index (χ2n) is 6.48. The highest BCUT2D eigenvalue weighted by molar-refractivity contribution is 8.00. The van der Waals surface area contributed by atoms with Gasteiger partial charge in [0.05, 0.1) is 19.9 Å². The van der Waals surface area contributed by atoms with Crippen LogP contribution < -0.4 is 20.1 Å². The molecule has 0 spiro atoms. The topological polar surface area (TPSA) is 64.8 Å². The Kier molecular flexibility index (Phi) is 8.54. The molecule has 0 bridgehead atoms. The van der Waals surface area contributed by atoms with E-state index in [9.17, 15) is 4.79 Å². The molecule has 28 heavy (non-hydrogen) atoms. The fourth-order valence-corrected chi connectivity index (χ4v) is 4.63. The maximum absolute atomic E-state index is 10.3. The molecule has 2 aromatic carbocycles. The number of carbonyl (C=O) groups is 1. The molecule has 3 rings (SSSR count). The monoisotopic (exact) mass is 420 g/mol. The number of methoxy groups -OCH3 is 2. The van der Waals surface area contributed by atoms with Crippen molar-refractivity contribution in [3.05, 3.63) is 42.0 Å². The number of anilines is 1. The minimum atomic E-state index is -0.0307. The van der Waals surface area contributed by atoms with Crippen molar-refractivity contribution in [1.82, 2.24) is 0 Å². The number of thioether (sulfide) groups is 2. The van der Waals surface area contributed by atoms with Crippen LogP contribution in [0.3, 0.4) is 0 Å². The Morgan fingerprint density at radius 3 is 2.50 bits per heavy atom. The van der Waals surface area contributed by atoms with Gasteiger partial charge < -0.3 is 24.9 Å². The molecule has 0 fully saturated rings. The fourth-order valence-electron chi connectivity index (χ4n) is 2.68. The van der Waals surface area contributed by atoms with Crippen LogP contribution in [0.15, 0.2) is 46.2 Å². The summed E-state index contributed by atoms with van der Waals surface area (Å²) in [6.45, 7) is 4.33. The maximum Gasteiger partial charge on any atom is 0.162 e. The van der Waals surface area contributed by atoms with Gasteiger partial charge in [0, 0.05) is 34.6 Å². The number of fused-ring (bicyclic) bond motifs is 1. The molecular formula is C21H28N2O3S2. The first-order valence-corrected chi connectivity index (χ1v) is 10.8. The largest absolute Gasteiger partial charge is 0.493 e.